The quantitative estimate of drug-likeness (QED) is 0.247. The van der Waals surface area contributed by atoms with E-state index >= 15 is 0 Å². The smallest absolute Gasteiger partial charge is 0.161 e. The number of benzene rings is 3. The van der Waals surface area contributed by atoms with Crippen molar-refractivity contribution < 1.29 is 9.47 Å². The molecular weight excluding hydrogens is 475 g/mol. The van der Waals surface area contributed by atoms with E-state index in [2.05, 4.69) is 11.1 Å². The molecule has 0 radical (unpaired) electrons. The molecule has 7 heteroatoms. The Balaban J connectivity index is 1.56. The summed E-state index contributed by atoms with van der Waals surface area (Å²) in [6, 6.07) is 23.1. The van der Waals surface area contributed by atoms with Crippen LogP contribution in [-0.2, 0) is 6.61 Å². The molecule has 1 aromatic heterocycles. The largest absolute Gasteiger partial charge is 0.493 e. The fourth-order valence-electron chi connectivity index (χ4n) is 3.12. The first kappa shape index (κ1) is 22.9. The third kappa shape index (κ3) is 5.55. The van der Waals surface area contributed by atoms with Crippen LogP contribution in [0.15, 0.2) is 72.1 Å². The van der Waals surface area contributed by atoms with Gasteiger partial charge in [0.1, 0.15) is 17.7 Å². The Bertz CT molecular complexity index is 1340. The molecule has 1 heterocycles. The first-order chi connectivity index (χ1) is 16.1. The van der Waals surface area contributed by atoms with Crippen LogP contribution in [0.5, 0.6) is 11.5 Å². The standard InChI is InChI=1S/C26H18Cl2N2O2S/c1-31-25-12-18(7-10-24(25)32-15-17-5-3-2-4-6-17)11-20(14-29)26-30-23(16-33-26)19-8-9-21(27)22(28)13-19/h2-13,16H,15H2,1H3/b20-11+. The Morgan fingerprint density at radius 3 is 2.58 bits per heavy atom. The van der Waals surface area contributed by atoms with Gasteiger partial charge in [0.2, 0.25) is 0 Å². The molecule has 3 aromatic carbocycles. The molecule has 0 saturated heterocycles. The minimum Gasteiger partial charge on any atom is -0.493 e. The van der Waals surface area contributed by atoms with Gasteiger partial charge in [-0.05, 0) is 41.5 Å². The van der Waals surface area contributed by atoms with Crippen molar-refractivity contribution in [3.8, 4) is 28.8 Å². The minimum absolute atomic E-state index is 0.437. The molecule has 0 unspecified atom stereocenters. The molecule has 4 nitrogen and oxygen atoms in total. The lowest BCUT2D eigenvalue weighted by atomic mass is 10.1. The topological polar surface area (TPSA) is 55.1 Å². The predicted molar refractivity (Wildman–Crippen MR) is 135 cm³/mol. The van der Waals surface area contributed by atoms with E-state index in [0.717, 1.165) is 22.4 Å². The van der Waals surface area contributed by atoms with Gasteiger partial charge in [-0.15, -0.1) is 11.3 Å². The summed E-state index contributed by atoms with van der Waals surface area (Å²) >= 11 is 13.5. The molecule has 0 atom stereocenters. The van der Waals surface area contributed by atoms with Gasteiger partial charge in [0, 0.05) is 10.9 Å². The zero-order valence-corrected chi connectivity index (χ0v) is 19.9. The van der Waals surface area contributed by atoms with E-state index in [1.165, 1.54) is 11.3 Å². The Morgan fingerprint density at radius 1 is 1.03 bits per heavy atom. The van der Waals surface area contributed by atoms with Crippen molar-refractivity contribution in [3.05, 3.63) is 98.3 Å². The zero-order chi connectivity index (χ0) is 23.2. The van der Waals surface area contributed by atoms with Gasteiger partial charge in [-0.2, -0.15) is 5.26 Å². The van der Waals surface area contributed by atoms with Crippen LogP contribution in [-0.4, -0.2) is 12.1 Å². The number of ether oxygens (including phenoxy) is 2. The number of aromatic nitrogens is 1. The second kappa shape index (κ2) is 10.5. The number of halogens is 2. The maximum absolute atomic E-state index is 9.75. The predicted octanol–water partition coefficient (Wildman–Crippen LogP) is 7.77. The number of rotatable bonds is 7. The number of hydrogen-bond acceptors (Lipinski definition) is 5. The van der Waals surface area contributed by atoms with E-state index in [-0.39, 0.29) is 0 Å². The van der Waals surface area contributed by atoms with Gasteiger partial charge in [0.25, 0.3) is 0 Å². The summed E-state index contributed by atoms with van der Waals surface area (Å²) in [6.45, 7) is 0.437. The van der Waals surface area contributed by atoms with Crippen LogP contribution in [0.2, 0.25) is 10.0 Å². The Labute approximate surface area is 206 Å². The Kier molecular flexibility index (Phi) is 7.31. The maximum Gasteiger partial charge on any atom is 0.161 e. The molecular formula is C26H18Cl2N2O2S. The maximum atomic E-state index is 9.75. The third-order valence-corrected chi connectivity index (χ3v) is 6.42. The number of hydrogen-bond donors (Lipinski definition) is 0. The van der Waals surface area contributed by atoms with Crippen molar-refractivity contribution in [1.82, 2.24) is 4.98 Å². The van der Waals surface area contributed by atoms with E-state index in [0.29, 0.717) is 38.7 Å². The number of nitriles is 1. The van der Waals surface area contributed by atoms with E-state index in [1.807, 2.05) is 60.0 Å². The number of thiazole rings is 1. The highest BCUT2D eigenvalue weighted by molar-refractivity contribution is 7.11. The van der Waals surface area contributed by atoms with Crippen LogP contribution in [0.3, 0.4) is 0 Å². The van der Waals surface area contributed by atoms with Gasteiger partial charge in [-0.3, -0.25) is 0 Å². The van der Waals surface area contributed by atoms with Gasteiger partial charge in [-0.1, -0.05) is 65.7 Å². The van der Waals surface area contributed by atoms with Gasteiger partial charge in [0.15, 0.2) is 11.5 Å². The van der Waals surface area contributed by atoms with Crippen molar-refractivity contribution in [1.29, 1.82) is 5.26 Å². The fourth-order valence-corrected chi connectivity index (χ4v) is 4.22. The molecule has 0 aliphatic heterocycles. The molecule has 0 aliphatic rings. The fraction of sp³-hybridized carbons (Fsp3) is 0.0769. The van der Waals surface area contributed by atoms with Crippen LogP contribution in [0.25, 0.3) is 22.9 Å². The van der Waals surface area contributed by atoms with Crippen molar-refractivity contribution in [2.45, 2.75) is 6.61 Å². The first-order valence-electron chi connectivity index (χ1n) is 9.95. The highest BCUT2D eigenvalue weighted by atomic mass is 35.5. The van der Waals surface area contributed by atoms with Crippen LogP contribution in [0, 0.1) is 11.3 Å². The van der Waals surface area contributed by atoms with E-state index in [4.69, 9.17) is 32.7 Å². The summed E-state index contributed by atoms with van der Waals surface area (Å²) in [4.78, 5) is 4.61. The second-order valence-electron chi connectivity index (χ2n) is 7.02. The third-order valence-electron chi connectivity index (χ3n) is 4.81. The molecule has 0 N–H and O–H groups in total. The Hall–Kier alpha value is -3.30. The SMILES string of the molecule is COc1cc(/C=C(\C#N)c2nc(-c3ccc(Cl)c(Cl)c3)cs2)ccc1OCc1ccccc1. The van der Waals surface area contributed by atoms with Crippen LogP contribution in [0.1, 0.15) is 16.1 Å². The number of nitrogens with zero attached hydrogens (tertiary/aromatic N) is 2. The lowest BCUT2D eigenvalue weighted by Crippen LogP contribution is -1.97. The summed E-state index contributed by atoms with van der Waals surface area (Å²) in [5.41, 5.74) is 3.90. The summed E-state index contributed by atoms with van der Waals surface area (Å²) < 4.78 is 11.4. The van der Waals surface area contributed by atoms with Gasteiger partial charge in [-0.25, -0.2) is 4.98 Å². The lowest BCUT2D eigenvalue weighted by Gasteiger charge is -2.11. The van der Waals surface area contributed by atoms with E-state index in [9.17, 15) is 5.26 Å². The summed E-state index contributed by atoms with van der Waals surface area (Å²) in [6.07, 6.45) is 1.78. The summed E-state index contributed by atoms with van der Waals surface area (Å²) in [5, 5.41) is 13.2. The highest BCUT2D eigenvalue weighted by Gasteiger charge is 2.12. The average Bonchev–Trinajstić information content (AvgIpc) is 3.34. The summed E-state index contributed by atoms with van der Waals surface area (Å²) in [5.74, 6) is 1.22. The first-order valence-corrected chi connectivity index (χ1v) is 11.6. The van der Waals surface area contributed by atoms with E-state index < -0.39 is 0 Å². The van der Waals surface area contributed by atoms with Gasteiger partial charge >= 0.3 is 0 Å². The van der Waals surface area contributed by atoms with Crippen LogP contribution < -0.4 is 9.47 Å². The number of allylic oxidation sites excluding steroid dienone is 1. The van der Waals surface area contributed by atoms with Crippen molar-refractivity contribution >= 4 is 46.2 Å². The van der Waals surface area contributed by atoms with E-state index in [1.54, 1.807) is 25.3 Å². The van der Waals surface area contributed by atoms with Gasteiger partial charge in [0.05, 0.1) is 28.4 Å². The Morgan fingerprint density at radius 2 is 1.85 bits per heavy atom. The van der Waals surface area contributed by atoms with Gasteiger partial charge < -0.3 is 9.47 Å². The van der Waals surface area contributed by atoms with Crippen molar-refractivity contribution in [2.75, 3.05) is 7.11 Å². The molecule has 4 aromatic rings. The molecule has 4 rings (SSSR count). The highest BCUT2D eigenvalue weighted by Crippen LogP contribution is 2.33. The van der Waals surface area contributed by atoms with Crippen LogP contribution in [0.4, 0.5) is 0 Å². The molecule has 0 bridgehead atoms. The normalized spacial score (nSPS) is 11.2. The molecule has 0 aliphatic carbocycles. The molecule has 33 heavy (non-hydrogen) atoms. The monoisotopic (exact) mass is 492 g/mol. The number of methoxy groups -OCH3 is 1. The van der Waals surface area contributed by atoms with Crippen molar-refractivity contribution in [2.24, 2.45) is 0 Å². The average molecular weight is 493 g/mol. The second-order valence-corrected chi connectivity index (χ2v) is 8.69. The molecule has 0 fully saturated rings. The summed E-state index contributed by atoms with van der Waals surface area (Å²) in [7, 11) is 1.59. The van der Waals surface area contributed by atoms with Crippen LogP contribution >= 0.6 is 34.5 Å². The molecule has 164 valence electrons. The van der Waals surface area contributed by atoms with Crippen molar-refractivity contribution in [3.63, 3.8) is 0 Å². The molecule has 0 amide bonds. The lowest BCUT2D eigenvalue weighted by molar-refractivity contribution is 0.284. The minimum atomic E-state index is 0.437. The molecule has 0 spiro atoms. The molecule has 0 saturated carbocycles. The zero-order valence-electron chi connectivity index (χ0n) is 17.6.